The lowest BCUT2D eigenvalue weighted by atomic mass is 9.65. The number of aryl methyl sites for hydroxylation is 3. The van der Waals surface area contributed by atoms with Gasteiger partial charge < -0.3 is 0 Å². The second kappa shape index (κ2) is 14.3. The van der Waals surface area contributed by atoms with Crippen LogP contribution in [-0.2, 0) is 19.3 Å². The number of allylic oxidation sites excluding steroid dienone is 9. The van der Waals surface area contributed by atoms with Crippen molar-refractivity contribution in [3.05, 3.63) is 238 Å². The van der Waals surface area contributed by atoms with Gasteiger partial charge in [-0.1, -0.05) is 127 Å². The van der Waals surface area contributed by atoms with E-state index in [2.05, 4.69) is 175 Å². The van der Waals surface area contributed by atoms with E-state index in [9.17, 15) is 0 Å². The molecule has 0 spiro atoms. The van der Waals surface area contributed by atoms with Gasteiger partial charge in [0.05, 0.1) is 16.9 Å². The Kier molecular flexibility index (Phi) is 8.03. The van der Waals surface area contributed by atoms with E-state index in [4.69, 9.17) is 15.0 Å². The number of nitrogens with zero attached hydrogens (tertiary/aromatic N) is 4. The molecule has 0 N–H and O–H groups in total. The quantitative estimate of drug-likeness (QED) is 0.173. The smallest absolute Gasteiger partial charge is 0.138 e. The van der Waals surface area contributed by atoms with Crippen molar-refractivity contribution >= 4 is 72.4 Å². The fourth-order valence-corrected chi connectivity index (χ4v) is 11.7. The predicted molar refractivity (Wildman–Crippen MR) is 268 cm³/mol. The van der Waals surface area contributed by atoms with E-state index in [1.807, 2.05) is 24.5 Å². The largest absolute Gasteiger partial charge is 0.295 e. The van der Waals surface area contributed by atoms with Gasteiger partial charge in [-0.15, -0.1) is 0 Å². The lowest BCUT2D eigenvalue weighted by Gasteiger charge is -2.37. The maximum Gasteiger partial charge on any atom is 0.138 e. The zero-order valence-electron chi connectivity index (χ0n) is 35.7. The van der Waals surface area contributed by atoms with Crippen LogP contribution in [0.5, 0.6) is 0 Å². The molecule has 0 fully saturated rings. The normalized spacial score (nSPS) is 17.6. The first kappa shape index (κ1) is 36.5. The molecule has 306 valence electrons. The summed E-state index contributed by atoms with van der Waals surface area (Å²) >= 11 is 0. The number of fused-ring (bicyclic) bond motifs is 9. The molecule has 0 saturated carbocycles. The molecule has 0 saturated heterocycles. The minimum atomic E-state index is 0.127. The van der Waals surface area contributed by atoms with Crippen LogP contribution in [-0.4, -0.2) is 15.0 Å². The zero-order chi connectivity index (χ0) is 42.6. The minimum absolute atomic E-state index is 0.127. The van der Waals surface area contributed by atoms with Gasteiger partial charge in [-0.25, -0.2) is 4.98 Å². The summed E-state index contributed by atoms with van der Waals surface area (Å²) in [6.45, 7) is 0. The van der Waals surface area contributed by atoms with Gasteiger partial charge in [0.2, 0.25) is 0 Å². The van der Waals surface area contributed by atoms with Crippen LogP contribution in [0.15, 0.2) is 194 Å². The zero-order valence-corrected chi connectivity index (χ0v) is 35.7. The first-order chi connectivity index (χ1) is 32.2. The molecule has 0 radical (unpaired) electrons. The van der Waals surface area contributed by atoms with Crippen molar-refractivity contribution in [2.45, 2.75) is 31.6 Å². The Morgan fingerprint density at radius 2 is 1.40 bits per heavy atom. The van der Waals surface area contributed by atoms with E-state index in [0.29, 0.717) is 0 Å². The van der Waals surface area contributed by atoms with E-state index in [1.54, 1.807) is 0 Å². The SMILES string of the molecule is C1=CC2=C(c3ccc4ccccc4c3)C3=C(c4cccc5cc(N(c6ccc7ncccc7c6)c6ccc7c(n6)-c6ncccc6CC7)cc3c45)C(c3ccc4c(c3)CCC=C4)C2C=C1. The monoisotopic (exact) mass is 830 g/mol. The molecule has 4 nitrogen and oxygen atoms in total. The Morgan fingerprint density at radius 1 is 0.538 bits per heavy atom. The van der Waals surface area contributed by atoms with Crippen LogP contribution in [0.2, 0.25) is 0 Å². The summed E-state index contributed by atoms with van der Waals surface area (Å²) in [7, 11) is 0. The second-order valence-corrected chi connectivity index (χ2v) is 18.1. The fourth-order valence-electron chi connectivity index (χ4n) is 11.7. The standard InChI is InChI=1S/C61H42N4/c1-3-12-41-32-45(24-20-37(41)10-1)56-49-17-5-6-18-50(49)57(46-25-21-38-11-2-4-13-42(38)33-46)59-52-36-48(35-44-14-7-19-51(55(44)52)58(56)59)65(47-27-28-53-43(34-47)16-9-30-62-53)54-29-26-40-23-22-39-15-8-31-63-60(39)61(40)64-54/h1-2,4-11,13-21,24-36,49,56H,3,12,22-23H2. The Morgan fingerprint density at radius 3 is 2.37 bits per heavy atom. The molecule has 0 amide bonds. The van der Waals surface area contributed by atoms with Crippen LogP contribution in [0.1, 0.15) is 56.8 Å². The highest BCUT2D eigenvalue weighted by molar-refractivity contribution is 6.29. The van der Waals surface area contributed by atoms with Gasteiger partial charge in [-0.05, 0) is 169 Å². The molecule has 65 heavy (non-hydrogen) atoms. The van der Waals surface area contributed by atoms with Gasteiger partial charge in [-0.2, -0.15) is 0 Å². The first-order valence-corrected chi connectivity index (χ1v) is 23.0. The molecule has 9 aromatic rings. The summed E-state index contributed by atoms with van der Waals surface area (Å²) in [5.74, 6) is 1.15. The van der Waals surface area contributed by atoms with Gasteiger partial charge in [0, 0.05) is 41.0 Å². The summed E-state index contributed by atoms with van der Waals surface area (Å²) in [5, 5.41) is 6.11. The molecule has 5 aliphatic carbocycles. The highest BCUT2D eigenvalue weighted by Crippen LogP contribution is 2.62. The number of pyridine rings is 3. The summed E-state index contributed by atoms with van der Waals surface area (Å²) in [4.78, 5) is 17.5. The third-order valence-electron chi connectivity index (χ3n) is 14.6. The molecule has 0 aliphatic heterocycles. The lowest BCUT2D eigenvalue weighted by Crippen LogP contribution is -2.22. The van der Waals surface area contributed by atoms with Crippen molar-refractivity contribution in [2.75, 3.05) is 4.90 Å². The molecule has 2 unspecified atom stereocenters. The topological polar surface area (TPSA) is 41.9 Å². The number of benzene rings is 6. The Hall–Kier alpha value is -7.95. The van der Waals surface area contributed by atoms with E-state index in [-0.39, 0.29) is 11.8 Å². The molecule has 2 atom stereocenters. The minimum Gasteiger partial charge on any atom is -0.295 e. The van der Waals surface area contributed by atoms with Gasteiger partial charge in [0.1, 0.15) is 5.82 Å². The summed E-state index contributed by atoms with van der Waals surface area (Å²) in [5.41, 5.74) is 21.0. The van der Waals surface area contributed by atoms with Crippen molar-refractivity contribution in [3.63, 3.8) is 0 Å². The van der Waals surface area contributed by atoms with Crippen LogP contribution >= 0.6 is 0 Å². The number of rotatable bonds is 5. The number of hydrogen-bond donors (Lipinski definition) is 0. The van der Waals surface area contributed by atoms with Crippen molar-refractivity contribution in [1.29, 1.82) is 0 Å². The third kappa shape index (κ3) is 5.66. The van der Waals surface area contributed by atoms with Crippen LogP contribution in [0, 0.1) is 5.92 Å². The van der Waals surface area contributed by atoms with Gasteiger partial charge >= 0.3 is 0 Å². The van der Waals surface area contributed by atoms with Crippen LogP contribution in [0.4, 0.5) is 17.2 Å². The molecule has 14 rings (SSSR count). The van der Waals surface area contributed by atoms with Crippen molar-refractivity contribution in [3.8, 4) is 11.4 Å². The molecule has 4 heteroatoms. The molecule has 5 aliphatic rings. The fraction of sp³-hybridized carbons (Fsp3) is 0.0984. The van der Waals surface area contributed by atoms with E-state index in [0.717, 1.165) is 65.2 Å². The maximum atomic E-state index is 5.56. The number of aromatic nitrogens is 3. The molecular weight excluding hydrogens is 789 g/mol. The lowest BCUT2D eigenvalue weighted by molar-refractivity contribution is 0.690. The summed E-state index contributed by atoms with van der Waals surface area (Å²) < 4.78 is 0. The number of anilines is 3. The highest BCUT2D eigenvalue weighted by atomic mass is 15.2. The predicted octanol–water partition coefficient (Wildman–Crippen LogP) is 14.7. The summed E-state index contributed by atoms with van der Waals surface area (Å²) in [6.07, 6.45) is 21.8. The third-order valence-corrected chi connectivity index (χ3v) is 14.6. The van der Waals surface area contributed by atoms with Crippen molar-refractivity contribution < 1.29 is 0 Å². The van der Waals surface area contributed by atoms with Crippen LogP contribution in [0.25, 0.3) is 66.6 Å². The van der Waals surface area contributed by atoms with Crippen LogP contribution < -0.4 is 4.90 Å². The molecule has 6 aromatic carbocycles. The highest BCUT2D eigenvalue weighted by Gasteiger charge is 2.42. The van der Waals surface area contributed by atoms with Crippen molar-refractivity contribution in [2.24, 2.45) is 5.92 Å². The molecule has 3 heterocycles. The Labute approximate surface area is 378 Å². The summed E-state index contributed by atoms with van der Waals surface area (Å²) in [6, 6.07) is 54.4. The first-order valence-electron chi connectivity index (χ1n) is 23.0. The second-order valence-electron chi connectivity index (χ2n) is 18.1. The molecule has 0 bridgehead atoms. The number of hydrogen-bond acceptors (Lipinski definition) is 4. The molecular formula is C61H42N4. The van der Waals surface area contributed by atoms with Gasteiger partial charge in [0.15, 0.2) is 0 Å². The molecule has 3 aromatic heterocycles. The Balaban J connectivity index is 1.04. The van der Waals surface area contributed by atoms with E-state index in [1.165, 1.54) is 88.3 Å². The van der Waals surface area contributed by atoms with Gasteiger partial charge in [0.25, 0.3) is 0 Å². The maximum absolute atomic E-state index is 5.56. The van der Waals surface area contributed by atoms with Crippen LogP contribution in [0.3, 0.4) is 0 Å². The van der Waals surface area contributed by atoms with E-state index < -0.39 is 0 Å². The Bertz CT molecular complexity index is 3690. The average Bonchev–Trinajstić information content (AvgIpc) is 3.69. The van der Waals surface area contributed by atoms with Crippen molar-refractivity contribution in [1.82, 2.24) is 15.0 Å². The van der Waals surface area contributed by atoms with E-state index >= 15 is 0 Å². The average molecular weight is 831 g/mol. The van der Waals surface area contributed by atoms with Gasteiger partial charge in [-0.3, -0.25) is 14.9 Å².